The van der Waals surface area contributed by atoms with Gasteiger partial charge in [0.2, 0.25) is 5.95 Å². The zero-order valence-electron chi connectivity index (χ0n) is 10.9. The zero-order chi connectivity index (χ0) is 13.1. The van der Waals surface area contributed by atoms with Crippen LogP contribution in [-0.4, -0.2) is 28.9 Å². The number of pyridine rings is 1. The molecule has 2 rings (SSSR count). The van der Waals surface area contributed by atoms with Crippen LogP contribution < -0.4 is 0 Å². The number of rotatable bonds is 2. The van der Waals surface area contributed by atoms with E-state index in [1.54, 1.807) is 11.0 Å². The minimum atomic E-state index is -0.606. The van der Waals surface area contributed by atoms with Crippen LogP contribution in [0.2, 0.25) is 0 Å². The van der Waals surface area contributed by atoms with Gasteiger partial charge in [0, 0.05) is 30.9 Å². The van der Waals surface area contributed by atoms with Crippen molar-refractivity contribution in [3.8, 4) is 0 Å². The molecule has 1 amide bonds. The van der Waals surface area contributed by atoms with Gasteiger partial charge >= 0.3 is 0 Å². The van der Waals surface area contributed by atoms with Crippen LogP contribution in [0.4, 0.5) is 4.39 Å². The second-order valence-corrected chi connectivity index (χ2v) is 5.11. The summed E-state index contributed by atoms with van der Waals surface area (Å²) in [6, 6.07) is 3.03. The van der Waals surface area contributed by atoms with Crippen LogP contribution in [0, 0.1) is 11.9 Å². The number of nitrogens with zero attached hydrogens (tertiary/aromatic N) is 2. The van der Waals surface area contributed by atoms with Gasteiger partial charge in [-0.3, -0.25) is 4.79 Å². The number of halogens is 1. The van der Waals surface area contributed by atoms with E-state index in [1.165, 1.54) is 18.7 Å². The lowest BCUT2D eigenvalue weighted by Gasteiger charge is -2.36. The molecule has 1 aliphatic rings. The van der Waals surface area contributed by atoms with Gasteiger partial charge in [0.05, 0.1) is 0 Å². The van der Waals surface area contributed by atoms with Gasteiger partial charge in [0.15, 0.2) is 0 Å². The normalized spacial score (nSPS) is 23.7. The van der Waals surface area contributed by atoms with Crippen LogP contribution in [0.25, 0.3) is 0 Å². The van der Waals surface area contributed by atoms with Crippen molar-refractivity contribution in [3.63, 3.8) is 0 Å². The van der Waals surface area contributed by atoms with E-state index in [9.17, 15) is 9.18 Å². The highest BCUT2D eigenvalue weighted by molar-refractivity contribution is 5.94. The standard InChI is InChI=1S/C14H19FN2O/c1-10-5-3-4-6-12(10)17(2)14(18)11-7-8-16-13(15)9-11/h7-10,12H,3-6H2,1-2H3. The second kappa shape index (κ2) is 5.46. The van der Waals surface area contributed by atoms with Gasteiger partial charge in [-0.15, -0.1) is 0 Å². The number of carbonyl (C=O) groups is 1. The smallest absolute Gasteiger partial charge is 0.254 e. The van der Waals surface area contributed by atoms with Crippen molar-refractivity contribution in [2.45, 2.75) is 38.6 Å². The topological polar surface area (TPSA) is 33.2 Å². The monoisotopic (exact) mass is 250 g/mol. The van der Waals surface area contributed by atoms with Crippen LogP contribution in [0.15, 0.2) is 18.3 Å². The maximum atomic E-state index is 13.0. The van der Waals surface area contributed by atoms with Crippen molar-refractivity contribution >= 4 is 5.91 Å². The van der Waals surface area contributed by atoms with Gasteiger partial charge in [0.25, 0.3) is 5.91 Å². The Balaban J connectivity index is 2.13. The van der Waals surface area contributed by atoms with Crippen molar-refractivity contribution < 1.29 is 9.18 Å². The largest absolute Gasteiger partial charge is 0.338 e. The predicted molar refractivity (Wildman–Crippen MR) is 67.7 cm³/mol. The molecule has 0 aromatic carbocycles. The van der Waals surface area contributed by atoms with Gasteiger partial charge in [-0.05, 0) is 24.8 Å². The first-order valence-electron chi connectivity index (χ1n) is 6.48. The van der Waals surface area contributed by atoms with Gasteiger partial charge in [-0.25, -0.2) is 4.98 Å². The fourth-order valence-corrected chi connectivity index (χ4v) is 2.76. The third-order valence-corrected chi connectivity index (χ3v) is 3.86. The van der Waals surface area contributed by atoms with E-state index in [4.69, 9.17) is 0 Å². The summed E-state index contributed by atoms with van der Waals surface area (Å²) in [5, 5.41) is 0. The van der Waals surface area contributed by atoms with Crippen LogP contribution in [0.3, 0.4) is 0 Å². The highest BCUT2D eigenvalue weighted by Crippen LogP contribution is 2.28. The Labute approximate surface area is 107 Å². The molecule has 1 saturated carbocycles. The van der Waals surface area contributed by atoms with E-state index in [1.807, 2.05) is 7.05 Å². The highest BCUT2D eigenvalue weighted by Gasteiger charge is 2.28. The molecule has 4 heteroatoms. The Bertz CT molecular complexity index is 436. The van der Waals surface area contributed by atoms with E-state index in [0.29, 0.717) is 11.5 Å². The number of aromatic nitrogens is 1. The Kier molecular flexibility index (Phi) is 3.94. The first-order chi connectivity index (χ1) is 8.59. The summed E-state index contributed by atoms with van der Waals surface area (Å²) in [6.45, 7) is 2.18. The summed E-state index contributed by atoms with van der Waals surface area (Å²) < 4.78 is 13.0. The molecule has 0 saturated heterocycles. The fraction of sp³-hybridized carbons (Fsp3) is 0.571. The molecule has 0 radical (unpaired) electrons. The first kappa shape index (κ1) is 13.0. The Hall–Kier alpha value is -1.45. The Morgan fingerprint density at radius 2 is 2.17 bits per heavy atom. The number of carbonyl (C=O) groups excluding carboxylic acids is 1. The maximum Gasteiger partial charge on any atom is 0.254 e. The molecular formula is C14H19FN2O. The molecule has 0 spiro atoms. The van der Waals surface area contributed by atoms with Crippen LogP contribution in [-0.2, 0) is 0 Å². The third-order valence-electron chi connectivity index (χ3n) is 3.86. The van der Waals surface area contributed by atoms with Crippen LogP contribution in [0.5, 0.6) is 0 Å². The molecule has 1 aromatic heterocycles. The molecular weight excluding hydrogens is 231 g/mol. The van der Waals surface area contributed by atoms with E-state index in [-0.39, 0.29) is 11.9 Å². The minimum Gasteiger partial charge on any atom is -0.338 e. The molecule has 1 aromatic rings. The average Bonchev–Trinajstić information content (AvgIpc) is 2.37. The summed E-state index contributed by atoms with van der Waals surface area (Å²) >= 11 is 0. The average molecular weight is 250 g/mol. The van der Waals surface area contributed by atoms with Crippen molar-refractivity contribution in [2.24, 2.45) is 5.92 Å². The Morgan fingerprint density at radius 1 is 1.44 bits per heavy atom. The molecule has 0 N–H and O–H groups in total. The number of hydrogen-bond donors (Lipinski definition) is 0. The quantitative estimate of drug-likeness (QED) is 0.756. The highest BCUT2D eigenvalue weighted by atomic mass is 19.1. The van der Waals surface area contributed by atoms with Gasteiger partial charge in [0.1, 0.15) is 0 Å². The lowest BCUT2D eigenvalue weighted by Crippen LogP contribution is -2.42. The molecule has 1 fully saturated rings. The van der Waals surface area contributed by atoms with Crippen molar-refractivity contribution in [3.05, 3.63) is 29.8 Å². The lowest BCUT2D eigenvalue weighted by atomic mass is 9.85. The van der Waals surface area contributed by atoms with E-state index in [0.717, 1.165) is 19.3 Å². The van der Waals surface area contributed by atoms with E-state index >= 15 is 0 Å². The predicted octanol–water partition coefficient (Wildman–Crippen LogP) is 2.87. The van der Waals surface area contributed by atoms with Crippen LogP contribution in [0.1, 0.15) is 43.0 Å². The van der Waals surface area contributed by atoms with Gasteiger partial charge in [-0.2, -0.15) is 4.39 Å². The number of hydrogen-bond acceptors (Lipinski definition) is 2. The molecule has 1 aliphatic carbocycles. The van der Waals surface area contributed by atoms with Gasteiger partial charge in [-0.1, -0.05) is 19.8 Å². The zero-order valence-corrected chi connectivity index (χ0v) is 10.9. The van der Waals surface area contributed by atoms with E-state index in [2.05, 4.69) is 11.9 Å². The minimum absolute atomic E-state index is 0.116. The van der Waals surface area contributed by atoms with E-state index < -0.39 is 5.95 Å². The maximum absolute atomic E-state index is 13.0. The fourth-order valence-electron chi connectivity index (χ4n) is 2.76. The molecule has 0 bridgehead atoms. The second-order valence-electron chi connectivity index (χ2n) is 5.11. The number of amides is 1. The molecule has 18 heavy (non-hydrogen) atoms. The van der Waals surface area contributed by atoms with Crippen molar-refractivity contribution in [1.29, 1.82) is 0 Å². The molecule has 2 atom stereocenters. The van der Waals surface area contributed by atoms with Crippen LogP contribution >= 0.6 is 0 Å². The third kappa shape index (κ3) is 2.68. The molecule has 2 unspecified atom stereocenters. The van der Waals surface area contributed by atoms with Crippen molar-refractivity contribution in [1.82, 2.24) is 9.88 Å². The van der Waals surface area contributed by atoms with Crippen molar-refractivity contribution in [2.75, 3.05) is 7.05 Å². The molecule has 0 aliphatic heterocycles. The first-order valence-corrected chi connectivity index (χ1v) is 6.48. The Morgan fingerprint density at radius 3 is 2.83 bits per heavy atom. The summed E-state index contributed by atoms with van der Waals surface area (Å²) in [4.78, 5) is 17.5. The summed E-state index contributed by atoms with van der Waals surface area (Å²) in [6.07, 6.45) is 5.94. The molecule has 98 valence electrons. The summed E-state index contributed by atoms with van der Waals surface area (Å²) in [5.41, 5.74) is 0.378. The SMILES string of the molecule is CC1CCCCC1N(C)C(=O)c1ccnc(F)c1. The van der Waals surface area contributed by atoms with Gasteiger partial charge < -0.3 is 4.90 Å². The molecule has 3 nitrogen and oxygen atoms in total. The summed E-state index contributed by atoms with van der Waals surface area (Å²) in [5.74, 6) is -0.208. The molecule has 1 heterocycles. The summed E-state index contributed by atoms with van der Waals surface area (Å²) in [7, 11) is 1.81. The lowest BCUT2D eigenvalue weighted by molar-refractivity contribution is 0.0628.